The molecule has 0 radical (unpaired) electrons. The van der Waals surface area contributed by atoms with Crippen molar-refractivity contribution in [3.05, 3.63) is 40.8 Å². The lowest BCUT2D eigenvalue weighted by atomic mass is 10.1. The normalized spacial score (nSPS) is 18.1. The van der Waals surface area contributed by atoms with Crippen LogP contribution in [0.25, 0.3) is 0 Å². The van der Waals surface area contributed by atoms with Gasteiger partial charge in [-0.3, -0.25) is 9.59 Å². The Hall–Kier alpha value is -2.21. The highest BCUT2D eigenvalue weighted by atomic mass is 32.1. The molecule has 0 aliphatic carbocycles. The molecule has 5 nitrogen and oxygen atoms in total. The van der Waals surface area contributed by atoms with E-state index < -0.39 is 0 Å². The van der Waals surface area contributed by atoms with Gasteiger partial charge in [-0.2, -0.15) is 0 Å². The fourth-order valence-electron chi connectivity index (χ4n) is 2.34. The molecular weight excluding hydrogens is 274 g/mol. The van der Waals surface area contributed by atoms with Gasteiger partial charge in [0.25, 0.3) is 5.91 Å². The van der Waals surface area contributed by atoms with Crippen LogP contribution in [0.3, 0.4) is 0 Å². The maximum atomic E-state index is 12.6. The number of hydrogen-bond acceptors (Lipinski definition) is 4. The van der Waals surface area contributed by atoms with Crippen LogP contribution in [0.4, 0.5) is 11.4 Å². The summed E-state index contributed by atoms with van der Waals surface area (Å²) in [6, 6.07) is 7.10. The van der Waals surface area contributed by atoms with Crippen molar-refractivity contribution >= 4 is 34.5 Å². The van der Waals surface area contributed by atoms with Crippen molar-refractivity contribution in [2.75, 3.05) is 10.2 Å². The topological polar surface area (TPSA) is 62.3 Å². The summed E-state index contributed by atoms with van der Waals surface area (Å²) in [6.45, 7) is 1.87. The summed E-state index contributed by atoms with van der Waals surface area (Å²) >= 11 is 1.38. The predicted octanol–water partition coefficient (Wildman–Crippen LogP) is 2.52. The van der Waals surface area contributed by atoms with Crippen LogP contribution in [0.15, 0.2) is 35.2 Å². The lowest BCUT2D eigenvalue weighted by Crippen LogP contribution is -2.39. The number of hydrogen-bond donors (Lipinski definition) is 1. The Labute approximate surface area is 120 Å². The molecule has 1 N–H and O–H groups in total. The van der Waals surface area contributed by atoms with Crippen LogP contribution in [0.2, 0.25) is 0 Å². The number of amides is 2. The third-order valence-corrected chi connectivity index (χ3v) is 3.82. The van der Waals surface area contributed by atoms with Crippen molar-refractivity contribution in [1.29, 1.82) is 0 Å². The number of anilines is 2. The van der Waals surface area contributed by atoms with Crippen LogP contribution < -0.4 is 10.2 Å². The average Bonchev–Trinajstić information content (AvgIpc) is 2.90. The summed E-state index contributed by atoms with van der Waals surface area (Å²) in [5.74, 6) is -0.263. The summed E-state index contributed by atoms with van der Waals surface area (Å²) in [4.78, 5) is 30.2. The Morgan fingerprint density at radius 2 is 2.25 bits per heavy atom. The van der Waals surface area contributed by atoms with Crippen molar-refractivity contribution in [2.45, 2.75) is 19.4 Å². The second-order valence-corrected chi connectivity index (χ2v) is 5.39. The fourth-order valence-corrected chi connectivity index (χ4v) is 2.86. The predicted molar refractivity (Wildman–Crippen MR) is 78.1 cm³/mol. The number of rotatable bonds is 1. The first-order valence-electron chi connectivity index (χ1n) is 6.27. The zero-order valence-corrected chi connectivity index (χ0v) is 11.7. The van der Waals surface area contributed by atoms with Gasteiger partial charge in [-0.15, -0.1) is 11.3 Å². The number of thiazole rings is 1. The summed E-state index contributed by atoms with van der Waals surface area (Å²) in [6.07, 6.45) is 0.268. The summed E-state index contributed by atoms with van der Waals surface area (Å²) in [7, 11) is 0. The van der Waals surface area contributed by atoms with E-state index in [0.29, 0.717) is 17.1 Å². The molecule has 6 heteroatoms. The molecule has 0 fully saturated rings. The maximum Gasteiger partial charge on any atom is 0.278 e. The van der Waals surface area contributed by atoms with E-state index in [1.807, 2.05) is 25.1 Å². The molecule has 0 unspecified atom stereocenters. The Morgan fingerprint density at radius 1 is 1.45 bits per heavy atom. The quantitative estimate of drug-likeness (QED) is 0.876. The van der Waals surface area contributed by atoms with Crippen LogP contribution in [0.5, 0.6) is 0 Å². The van der Waals surface area contributed by atoms with E-state index in [4.69, 9.17) is 0 Å². The molecule has 0 bridgehead atoms. The molecular formula is C14H13N3O2S. The lowest BCUT2D eigenvalue weighted by molar-refractivity contribution is -0.116. The minimum absolute atomic E-state index is 0.0847. The van der Waals surface area contributed by atoms with Crippen molar-refractivity contribution in [1.82, 2.24) is 4.98 Å². The van der Waals surface area contributed by atoms with Gasteiger partial charge in [0, 0.05) is 17.8 Å². The molecule has 2 amide bonds. The van der Waals surface area contributed by atoms with E-state index in [1.165, 1.54) is 11.3 Å². The number of fused-ring (bicyclic) bond motifs is 1. The zero-order chi connectivity index (χ0) is 14.1. The molecule has 1 aromatic heterocycles. The monoisotopic (exact) mass is 287 g/mol. The second-order valence-electron chi connectivity index (χ2n) is 4.67. The number of benzene rings is 1. The third-order valence-electron chi connectivity index (χ3n) is 3.23. The SMILES string of the molecule is C[C@@H]1CC(=O)Nc2ccccc2N1C(=O)c1cscn1. The van der Waals surface area contributed by atoms with Gasteiger partial charge >= 0.3 is 0 Å². The van der Waals surface area contributed by atoms with E-state index in [9.17, 15) is 9.59 Å². The second kappa shape index (κ2) is 5.05. The highest BCUT2D eigenvalue weighted by molar-refractivity contribution is 7.07. The summed E-state index contributed by atoms with van der Waals surface area (Å²) in [5.41, 5.74) is 3.41. The molecule has 2 aromatic rings. The van der Waals surface area contributed by atoms with Gasteiger partial charge in [-0.05, 0) is 19.1 Å². The average molecular weight is 287 g/mol. The molecule has 1 aromatic carbocycles. The summed E-state index contributed by atoms with van der Waals surface area (Å²) in [5, 5.41) is 4.55. The van der Waals surface area contributed by atoms with Crippen LogP contribution in [0, 0.1) is 0 Å². The van der Waals surface area contributed by atoms with Crippen LogP contribution >= 0.6 is 11.3 Å². The molecule has 1 aliphatic heterocycles. The van der Waals surface area contributed by atoms with Gasteiger partial charge in [-0.1, -0.05) is 12.1 Å². The number of nitrogens with one attached hydrogen (secondary N) is 1. The molecule has 0 saturated heterocycles. The number of para-hydroxylation sites is 2. The molecule has 20 heavy (non-hydrogen) atoms. The highest BCUT2D eigenvalue weighted by Crippen LogP contribution is 2.32. The van der Waals surface area contributed by atoms with Crippen LogP contribution in [-0.4, -0.2) is 22.8 Å². The van der Waals surface area contributed by atoms with Crippen molar-refractivity contribution in [2.24, 2.45) is 0 Å². The molecule has 0 spiro atoms. The van der Waals surface area contributed by atoms with E-state index in [0.717, 1.165) is 0 Å². The minimum atomic E-state index is -0.215. The van der Waals surface area contributed by atoms with Crippen molar-refractivity contribution in [3.8, 4) is 0 Å². The van der Waals surface area contributed by atoms with Gasteiger partial charge in [-0.25, -0.2) is 4.98 Å². The number of carbonyl (C=O) groups is 2. The van der Waals surface area contributed by atoms with Gasteiger partial charge in [0.2, 0.25) is 5.91 Å². The van der Waals surface area contributed by atoms with E-state index >= 15 is 0 Å². The van der Waals surface area contributed by atoms with Crippen LogP contribution in [-0.2, 0) is 4.79 Å². The van der Waals surface area contributed by atoms with Crippen molar-refractivity contribution in [3.63, 3.8) is 0 Å². The first kappa shape index (κ1) is 12.8. The zero-order valence-electron chi connectivity index (χ0n) is 10.9. The lowest BCUT2D eigenvalue weighted by Gasteiger charge is -2.27. The van der Waals surface area contributed by atoms with Crippen molar-refractivity contribution < 1.29 is 9.59 Å². The van der Waals surface area contributed by atoms with E-state index in [1.54, 1.807) is 21.9 Å². The van der Waals surface area contributed by atoms with E-state index in [2.05, 4.69) is 10.3 Å². The number of aromatic nitrogens is 1. The molecule has 1 atom stereocenters. The Balaban J connectivity index is 2.08. The Kier molecular flexibility index (Phi) is 3.23. The number of nitrogens with zero attached hydrogens (tertiary/aromatic N) is 2. The smallest absolute Gasteiger partial charge is 0.278 e. The van der Waals surface area contributed by atoms with Crippen LogP contribution in [0.1, 0.15) is 23.8 Å². The Morgan fingerprint density at radius 3 is 3.00 bits per heavy atom. The largest absolute Gasteiger partial charge is 0.324 e. The summed E-state index contributed by atoms with van der Waals surface area (Å²) < 4.78 is 0. The van der Waals surface area contributed by atoms with Gasteiger partial charge in [0.15, 0.2) is 0 Å². The first-order chi connectivity index (χ1) is 9.66. The molecule has 102 valence electrons. The van der Waals surface area contributed by atoms with Gasteiger partial charge < -0.3 is 10.2 Å². The van der Waals surface area contributed by atoms with E-state index in [-0.39, 0.29) is 24.3 Å². The minimum Gasteiger partial charge on any atom is -0.324 e. The maximum absolute atomic E-state index is 12.6. The standard InChI is InChI=1S/C14H13N3O2S/c1-9-6-13(18)16-10-4-2-3-5-12(10)17(9)14(19)11-7-20-8-15-11/h2-5,7-9H,6H2,1H3,(H,16,18)/t9-/m1/s1. The first-order valence-corrected chi connectivity index (χ1v) is 7.21. The Bertz CT molecular complexity index is 654. The van der Waals surface area contributed by atoms with Gasteiger partial charge in [0.1, 0.15) is 5.69 Å². The third kappa shape index (κ3) is 2.18. The fraction of sp³-hybridized carbons (Fsp3) is 0.214. The number of carbonyl (C=O) groups excluding carboxylic acids is 2. The highest BCUT2D eigenvalue weighted by Gasteiger charge is 2.30. The molecule has 1 aliphatic rings. The van der Waals surface area contributed by atoms with Gasteiger partial charge in [0.05, 0.1) is 16.9 Å². The molecule has 3 rings (SSSR count). The molecule has 2 heterocycles. The molecule has 0 saturated carbocycles.